The zero-order valence-electron chi connectivity index (χ0n) is 9.19. The first-order valence-corrected chi connectivity index (χ1v) is 5.12. The molecule has 16 heavy (non-hydrogen) atoms. The minimum atomic E-state index is 0. The Hall–Kier alpha value is -0.970. The molecule has 1 aliphatic rings. The molecule has 1 aromatic carbocycles. The molecule has 1 aromatic rings. The molecule has 0 aromatic heterocycles. The Morgan fingerprint density at radius 2 is 2.19 bits per heavy atom. The number of piperazine rings is 1. The minimum Gasteiger partial charge on any atom is -0.508 e. The predicted octanol–water partition coefficient (Wildman–Crippen LogP) is 1.06. The van der Waals surface area contributed by atoms with Crippen LogP contribution in [0.3, 0.4) is 0 Å². The molecule has 0 bridgehead atoms. The summed E-state index contributed by atoms with van der Waals surface area (Å²) < 4.78 is 5.25. The number of hydrogen-bond donors (Lipinski definition) is 3. The Kier molecular flexibility index (Phi) is 4.86. The van der Waals surface area contributed by atoms with Crippen molar-refractivity contribution < 1.29 is 9.84 Å². The van der Waals surface area contributed by atoms with E-state index in [-0.39, 0.29) is 24.2 Å². The number of hydrogen-bond acceptors (Lipinski definition) is 4. The lowest BCUT2D eigenvalue weighted by Crippen LogP contribution is -2.42. The second-order valence-corrected chi connectivity index (χ2v) is 3.64. The standard InChI is InChI=1S/C11H16N2O2.ClH/c1-15-11-6-8(14)2-3-9(11)10-7-12-4-5-13-10;/h2-3,6,10,12-14H,4-5,7H2,1H3;1H/t10-;/m0./s1. The molecule has 0 amide bonds. The summed E-state index contributed by atoms with van der Waals surface area (Å²) >= 11 is 0. The molecule has 3 N–H and O–H groups in total. The van der Waals surface area contributed by atoms with E-state index in [4.69, 9.17) is 4.74 Å². The monoisotopic (exact) mass is 244 g/mol. The van der Waals surface area contributed by atoms with Crippen LogP contribution in [0.2, 0.25) is 0 Å². The van der Waals surface area contributed by atoms with Gasteiger partial charge in [-0.25, -0.2) is 0 Å². The van der Waals surface area contributed by atoms with Crippen LogP contribution in [0, 0.1) is 0 Å². The Balaban J connectivity index is 0.00000128. The molecular formula is C11H17ClN2O2. The van der Waals surface area contributed by atoms with Crippen molar-refractivity contribution in [3.8, 4) is 11.5 Å². The van der Waals surface area contributed by atoms with Crippen LogP contribution in [0.4, 0.5) is 0 Å². The van der Waals surface area contributed by atoms with Crippen LogP contribution < -0.4 is 15.4 Å². The fourth-order valence-corrected chi connectivity index (χ4v) is 1.86. The summed E-state index contributed by atoms with van der Waals surface area (Å²) in [6, 6.07) is 5.49. The van der Waals surface area contributed by atoms with Crippen LogP contribution in [0.1, 0.15) is 11.6 Å². The third kappa shape index (κ3) is 2.78. The highest BCUT2D eigenvalue weighted by Crippen LogP contribution is 2.29. The summed E-state index contributed by atoms with van der Waals surface area (Å²) in [5, 5.41) is 16.1. The van der Waals surface area contributed by atoms with Crippen molar-refractivity contribution in [1.82, 2.24) is 10.6 Å². The van der Waals surface area contributed by atoms with Gasteiger partial charge in [0.1, 0.15) is 11.5 Å². The normalized spacial score (nSPS) is 19.9. The Morgan fingerprint density at radius 3 is 2.81 bits per heavy atom. The molecule has 1 saturated heterocycles. The zero-order valence-corrected chi connectivity index (χ0v) is 10.0. The third-order valence-corrected chi connectivity index (χ3v) is 2.63. The van der Waals surface area contributed by atoms with Gasteiger partial charge in [0.15, 0.2) is 0 Å². The average Bonchev–Trinajstić information content (AvgIpc) is 2.30. The number of ether oxygens (including phenoxy) is 1. The molecule has 1 aliphatic heterocycles. The van der Waals surface area contributed by atoms with Crippen molar-refractivity contribution in [2.24, 2.45) is 0 Å². The average molecular weight is 245 g/mol. The molecule has 0 saturated carbocycles. The van der Waals surface area contributed by atoms with E-state index in [2.05, 4.69) is 10.6 Å². The molecule has 1 fully saturated rings. The first-order valence-electron chi connectivity index (χ1n) is 5.12. The van der Waals surface area contributed by atoms with Crippen molar-refractivity contribution >= 4 is 12.4 Å². The number of aromatic hydroxyl groups is 1. The molecule has 1 atom stereocenters. The Labute approximate surface area is 101 Å². The first-order chi connectivity index (χ1) is 7.31. The van der Waals surface area contributed by atoms with Gasteiger partial charge in [-0.1, -0.05) is 6.07 Å². The summed E-state index contributed by atoms with van der Waals surface area (Å²) in [5.41, 5.74) is 1.09. The van der Waals surface area contributed by atoms with Gasteiger partial charge in [-0.15, -0.1) is 12.4 Å². The van der Waals surface area contributed by atoms with E-state index in [9.17, 15) is 5.11 Å². The van der Waals surface area contributed by atoms with E-state index in [1.54, 1.807) is 19.2 Å². The molecule has 90 valence electrons. The van der Waals surface area contributed by atoms with Crippen molar-refractivity contribution in [2.45, 2.75) is 6.04 Å². The number of phenolic OH excluding ortho intramolecular Hbond substituents is 1. The molecule has 0 aliphatic carbocycles. The van der Waals surface area contributed by atoms with Gasteiger partial charge in [0.2, 0.25) is 0 Å². The largest absolute Gasteiger partial charge is 0.508 e. The Bertz CT molecular complexity index is 341. The van der Waals surface area contributed by atoms with Crippen LogP contribution >= 0.6 is 12.4 Å². The summed E-state index contributed by atoms with van der Waals surface area (Å²) in [4.78, 5) is 0. The van der Waals surface area contributed by atoms with Crippen LogP contribution in [0.25, 0.3) is 0 Å². The summed E-state index contributed by atoms with van der Waals surface area (Å²) in [6.07, 6.45) is 0. The smallest absolute Gasteiger partial charge is 0.127 e. The number of nitrogens with one attached hydrogen (secondary N) is 2. The van der Waals surface area contributed by atoms with Crippen LogP contribution in [-0.4, -0.2) is 31.9 Å². The quantitative estimate of drug-likeness (QED) is 0.728. The summed E-state index contributed by atoms with van der Waals surface area (Å²) in [6.45, 7) is 2.84. The molecule has 4 nitrogen and oxygen atoms in total. The molecule has 0 spiro atoms. The molecular weight excluding hydrogens is 228 g/mol. The molecule has 0 radical (unpaired) electrons. The highest BCUT2D eigenvalue weighted by molar-refractivity contribution is 5.85. The SMILES string of the molecule is COc1cc(O)ccc1[C@@H]1CNCCN1.Cl. The van der Waals surface area contributed by atoms with Gasteiger partial charge in [-0.3, -0.25) is 0 Å². The number of methoxy groups -OCH3 is 1. The fraction of sp³-hybridized carbons (Fsp3) is 0.455. The lowest BCUT2D eigenvalue weighted by Gasteiger charge is -2.26. The number of halogens is 1. The van der Waals surface area contributed by atoms with Gasteiger partial charge < -0.3 is 20.5 Å². The summed E-state index contributed by atoms with van der Waals surface area (Å²) in [7, 11) is 1.62. The van der Waals surface area contributed by atoms with Gasteiger partial charge in [-0.05, 0) is 6.07 Å². The minimum absolute atomic E-state index is 0. The Morgan fingerprint density at radius 1 is 1.38 bits per heavy atom. The van der Waals surface area contributed by atoms with E-state index in [0.717, 1.165) is 30.9 Å². The molecule has 1 heterocycles. The van der Waals surface area contributed by atoms with Crippen molar-refractivity contribution in [3.05, 3.63) is 23.8 Å². The van der Waals surface area contributed by atoms with Gasteiger partial charge in [0.05, 0.1) is 7.11 Å². The number of rotatable bonds is 2. The fourth-order valence-electron chi connectivity index (χ4n) is 1.86. The van der Waals surface area contributed by atoms with Crippen molar-refractivity contribution in [1.29, 1.82) is 0 Å². The van der Waals surface area contributed by atoms with Gasteiger partial charge >= 0.3 is 0 Å². The predicted molar refractivity (Wildman–Crippen MR) is 65.5 cm³/mol. The van der Waals surface area contributed by atoms with E-state index >= 15 is 0 Å². The maximum absolute atomic E-state index is 9.35. The number of phenols is 1. The van der Waals surface area contributed by atoms with E-state index < -0.39 is 0 Å². The second-order valence-electron chi connectivity index (χ2n) is 3.64. The van der Waals surface area contributed by atoms with Crippen molar-refractivity contribution in [2.75, 3.05) is 26.7 Å². The van der Waals surface area contributed by atoms with Crippen LogP contribution in [0.5, 0.6) is 11.5 Å². The molecule has 2 rings (SSSR count). The number of benzene rings is 1. The van der Waals surface area contributed by atoms with Gasteiger partial charge in [0.25, 0.3) is 0 Å². The highest BCUT2D eigenvalue weighted by atomic mass is 35.5. The van der Waals surface area contributed by atoms with Crippen LogP contribution in [-0.2, 0) is 0 Å². The van der Waals surface area contributed by atoms with E-state index in [0.29, 0.717) is 0 Å². The van der Waals surface area contributed by atoms with Crippen LogP contribution in [0.15, 0.2) is 18.2 Å². The lowest BCUT2D eigenvalue weighted by atomic mass is 10.0. The zero-order chi connectivity index (χ0) is 10.7. The summed E-state index contributed by atoms with van der Waals surface area (Å²) in [5.74, 6) is 0.968. The molecule has 5 heteroatoms. The first kappa shape index (κ1) is 13.1. The highest BCUT2D eigenvalue weighted by Gasteiger charge is 2.18. The topological polar surface area (TPSA) is 53.5 Å². The van der Waals surface area contributed by atoms with Gasteiger partial charge in [0, 0.05) is 37.3 Å². The maximum atomic E-state index is 9.35. The van der Waals surface area contributed by atoms with Crippen molar-refractivity contribution in [3.63, 3.8) is 0 Å². The van der Waals surface area contributed by atoms with Gasteiger partial charge in [-0.2, -0.15) is 0 Å². The third-order valence-electron chi connectivity index (χ3n) is 2.63. The van der Waals surface area contributed by atoms with E-state index in [1.807, 2.05) is 6.07 Å². The maximum Gasteiger partial charge on any atom is 0.127 e. The lowest BCUT2D eigenvalue weighted by molar-refractivity contribution is 0.377. The second kappa shape index (κ2) is 5.94. The van der Waals surface area contributed by atoms with E-state index in [1.165, 1.54) is 0 Å². The molecule has 0 unspecified atom stereocenters.